The Labute approximate surface area is 286 Å². The number of nitrogens with zero attached hydrogens (tertiary/aromatic N) is 3. The second-order valence-corrected chi connectivity index (χ2v) is 13.1. The van der Waals surface area contributed by atoms with Crippen LogP contribution in [-0.2, 0) is 22.4 Å². The number of amides is 4. The first-order valence-corrected chi connectivity index (χ1v) is 17.3. The molecule has 49 heavy (non-hydrogen) atoms. The van der Waals surface area contributed by atoms with Crippen molar-refractivity contribution in [2.24, 2.45) is 0 Å². The Hall–Kier alpha value is -5.06. The van der Waals surface area contributed by atoms with Gasteiger partial charge in [-0.2, -0.15) is 0 Å². The molecule has 2 fully saturated rings. The van der Waals surface area contributed by atoms with Crippen LogP contribution in [0.25, 0.3) is 0 Å². The largest absolute Gasteiger partial charge is 0.493 e. The van der Waals surface area contributed by atoms with Gasteiger partial charge in [0.15, 0.2) is 11.5 Å². The van der Waals surface area contributed by atoms with Gasteiger partial charge in [0.05, 0.1) is 12.6 Å². The van der Waals surface area contributed by atoms with Crippen molar-refractivity contribution in [2.75, 3.05) is 46.1 Å². The number of carbonyl (C=O) groups is 4. The summed E-state index contributed by atoms with van der Waals surface area (Å²) in [7, 11) is 0. The van der Waals surface area contributed by atoms with Crippen LogP contribution in [-0.4, -0.2) is 96.5 Å². The third-order valence-electron chi connectivity index (χ3n) is 9.90. The summed E-state index contributed by atoms with van der Waals surface area (Å²) in [5.74, 6) is 1.65. The zero-order valence-electron chi connectivity index (χ0n) is 27.6. The fourth-order valence-corrected chi connectivity index (χ4v) is 7.25. The molecular weight excluding hydrogens is 624 g/mol. The zero-order valence-corrected chi connectivity index (χ0v) is 27.6. The van der Waals surface area contributed by atoms with E-state index in [0.717, 1.165) is 29.7 Å². The van der Waals surface area contributed by atoms with E-state index in [-0.39, 0.29) is 43.0 Å². The predicted molar refractivity (Wildman–Crippen MR) is 181 cm³/mol. The van der Waals surface area contributed by atoms with Crippen molar-refractivity contribution < 1.29 is 33.4 Å². The molecule has 4 heterocycles. The standard InChI is InChI=1S/C38H42N4O7/c43-35(14-10-26-9-12-33-34(21-26)49-25-48-33)40-17-5-4-16-39-36(44)31-23-30(41(19-6-18-40)37(45)27-7-2-1-3-8-27)24-42(31)38(46)29-11-13-32-28(22-29)15-20-47-32/h1-3,7-9,11-13,21-22,30-31H,4-6,10,14-20,23-25H2,(H,39,44)/t30-,31-/m0/s1. The summed E-state index contributed by atoms with van der Waals surface area (Å²) >= 11 is 0. The van der Waals surface area contributed by atoms with E-state index in [1.165, 1.54) is 0 Å². The minimum atomic E-state index is -0.703. The van der Waals surface area contributed by atoms with E-state index < -0.39 is 6.04 Å². The van der Waals surface area contributed by atoms with Gasteiger partial charge in [0.2, 0.25) is 18.6 Å². The Bertz CT molecular complexity index is 1710. The van der Waals surface area contributed by atoms with Crippen LogP contribution in [0.4, 0.5) is 0 Å². The molecule has 0 radical (unpaired) electrons. The molecule has 1 N–H and O–H groups in total. The van der Waals surface area contributed by atoms with Crippen LogP contribution < -0.4 is 19.5 Å². The lowest BCUT2D eigenvalue weighted by atomic mass is 10.1. The van der Waals surface area contributed by atoms with Crippen molar-refractivity contribution in [3.05, 3.63) is 89.0 Å². The monoisotopic (exact) mass is 666 g/mol. The van der Waals surface area contributed by atoms with Crippen LogP contribution >= 0.6 is 0 Å². The Morgan fingerprint density at radius 3 is 2.45 bits per heavy atom. The van der Waals surface area contributed by atoms with Crippen LogP contribution in [0.5, 0.6) is 17.2 Å². The van der Waals surface area contributed by atoms with Gasteiger partial charge >= 0.3 is 0 Å². The van der Waals surface area contributed by atoms with Crippen molar-refractivity contribution in [2.45, 2.75) is 57.0 Å². The number of nitrogens with one attached hydrogen (secondary N) is 1. The summed E-state index contributed by atoms with van der Waals surface area (Å²) in [5, 5.41) is 3.05. The van der Waals surface area contributed by atoms with E-state index in [2.05, 4.69) is 5.32 Å². The molecule has 3 aromatic rings. The summed E-state index contributed by atoms with van der Waals surface area (Å²) < 4.78 is 16.6. The Morgan fingerprint density at radius 2 is 1.57 bits per heavy atom. The third kappa shape index (κ3) is 7.21. The van der Waals surface area contributed by atoms with E-state index in [1.807, 2.05) is 53.4 Å². The minimum Gasteiger partial charge on any atom is -0.493 e. The molecule has 2 atom stereocenters. The molecule has 0 saturated carbocycles. The maximum atomic E-state index is 14.0. The van der Waals surface area contributed by atoms with Gasteiger partial charge < -0.3 is 34.2 Å². The first-order chi connectivity index (χ1) is 23.9. The molecule has 3 aromatic carbocycles. The summed E-state index contributed by atoms with van der Waals surface area (Å²) in [6, 6.07) is 19.2. The molecule has 256 valence electrons. The molecule has 11 nitrogen and oxygen atoms in total. The van der Waals surface area contributed by atoms with E-state index in [9.17, 15) is 19.2 Å². The van der Waals surface area contributed by atoms with Gasteiger partial charge in [0, 0.05) is 56.7 Å². The highest BCUT2D eigenvalue weighted by Crippen LogP contribution is 2.33. The van der Waals surface area contributed by atoms with Gasteiger partial charge in [0.25, 0.3) is 11.8 Å². The minimum absolute atomic E-state index is 0.0483. The zero-order chi connectivity index (χ0) is 33.7. The fraction of sp³-hybridized carbons (Fsp3) is 0.421. The summed E-state index contributed by atoms with van der Waals surface area (Å²) in [4.78, 5) is 60.6. The number of carbonyl (C=O) groups excluding carboxylic acids is 4. The maximum Gasteiger partial charge on any atom is 0.254 e. The molecular formula is C38H42N4O7. The van der Waals surface area contributed by atoms with Gasteiger partial charge in [-0.05, 0) is 85.7 Å². The highest BCUT2D eigenvalue weighted by molar-refractivity contribution is 5.99. The van der Waals surface area contributed by atoms with Gasteiger partial charge in [-0.25, -0.2) is 0 Å². The van der Waals surface area contributed by atoms with Gasteiger partial charge in [0.1, 0.15) is 11.8 Å². The molecule has 4 aliphatic rings. The molecule has 7 rings (SSSR count). The van der Waals surface area contributed by atoms with Crippen LogP contribution in [0.1, 0.15) is 63.9 Å². The van der Waals surface area contributed by atoms with Crippen molar-refractivity contribution >= 4 is 23.6 Å². The smallest absolute Gasteiger partial charge is 0.254 e. The highest BCUT2D eigenvalue weighted by Gasteiger charge is 2.43. The van der Waals surface area contributed by atoms with E-state index in [0.29, 0.717) is 87.5 Å². The first-order valence-electron chi connectivity index (χ1n) is 17.3. The Morgan fingerprint density at radius 1 is 0.776 bits per heavy atom. The van der Waals surface area contributed by atoms with Crippen LogP contribution in [0.3, 0.4) is 0 Å². The lowest BCUT2D eigenvalue weighted by Crippen LogP contribution is -2.46. The number of hydrogen-bond acceptors (Lipinski definition) is 7. The maximum absolute atomic E-state index is 14.0. The number of ether oxygens (including phenoxy) is 3. The lowest BCUT2D eigenvalue weighted by molar-refractivity contribution is -0.131. The third-order valence-corrected chi connectivity index (χ3v) is 9.90. The molecule has 2 bridgehead atoms. The van der Waals surface area contributed by atoms with Crippen molar-refractivity contribution in [3.63, 3.8) is 0 Å². The molecule has 4 aliphatic heterocycles. The van der Waals surface area contributed by atoms with Crippen molar-refractivity contribution in [1.29, 1.82) is 0 Å². The second kappa shape index (κ2) is 14.6. The summed E-state index contributed by atoms with van der Waals surface area (Å²) in [6.45, 7) is 2.91. The normalized spacial score (nSPS) is 20.7. The quantitative estimate of drug-likeness (QED) is 0.440. The lowest BCUT2D eigenvalue weighted by Gasteiger charge is -2.31. The summed E-state index contributed by atoms with van der Waals surface area (Å²) in [6.07, 6.45) is 3.98. The molecule has 4 amide bonds. The van der Waals surface area contributed by atoms with E-state index in [4.69, 9.17) is 14.2 Å². The van der Waals surface area contributed by atoms with Gasteiger partial charge in [-0.15, -0.1) is 0 Å². The number of aryl methyl sites for hydroxylation is 1. The topological polar surface area (TPSA) is 118 Å². The van der Waals surface area contributed by atoms with E-state index >= 15 is 0 Å². The molecule has 0 aliphatic carbocycles. The molecule has 0 aromatic heterocycles. The molecule has 11 heteroatoms. The number of benzene rings is 3. The van der Waals surface area contributed by atoms with Crippen molar-refractivity contribution in [3.8, 4) is 17.2 Å². The van der Waals surface area contributed by atoms with E-state index in [1.54, 1.807) is 28.0 Å². The number of rotatable bonds is 5. The first kappa shape index (κ1) is 32.5. The number of fused-ring (bicyclic) bond motifs is 4. The predicted octanol–water partition coefficient (Wildman–Crippen LogP) is 3.84. The molecule has 0 spiro atoms. The Balaban J connectivity index is 1.09. The second-order valence-electron chi connectivity index (χ2n) is 13.1. The van der Waals surface area contributed by atoms with Crippen molar-refractivity contribution in [1.82, 2.24) is 20.0 Å². The van der Waals surface area contributed by atoms with Crippen LogP contribution in [0, 0.1) is 0 Å². The fourth-order valence-electron chi connectivity index (χ4n) is 7.25. The van der Waals surface area contributed by atoms with Gasteiger partial charge in [-0.1, -0.05) is 24.3 Å². The Kier molecular flexibility index (Phi) is 9.68. The average molecular weight is 667 g/mol. The average Bonchev–Trinajstić information content (AvgIpc) is 3.90. The van der Waals surface area contributed by atoms with Crippen LogP contribution in [0.15, 0.2) is 66.7 Å². The van der Waals surface area contributed by atoms with Gasteiger partial charge in [-0.3, -0.25) is 19.2 Å². The van der Waals surface area contributed by atoms with Crippen LogP contribution in [0.2, 0.25) is 0 Å². The summed E-state index contributed by atoms with van der Waals surface area (Å²) in [5.41, 5.74) is 3.04. The molecule has 0 unspecified atom stereocenters. The molecule has 2 saturated heterocycles. The highest BCUT2D eigenvalue weighted by atomic mass is 16.7. The number of likely N-dealkylation sites (tertiary alicyclic amines) is 1. The SMILES string of the molecule is O=C1NCCCCN(C(=O)CCc2ccc3c(c2)OCO3)CCCN(C(=O)c2ccccc2)[C@H]2C[C@@H]1N(C(=O)c1ccc3c(c1)CCO3)C2. The number of hydrogen-bond donors (Lipinski definition) is 1.